The zero-order valence-electron chi connectivity index (χ0n) is 3.70. The third-order valence-electron chi connectivity index (χ3n) is 0.647. The maximum Gasteiger partial charge on any atom is 0.229 e. The Balaban J connectivity index is 3.26. The van der Waals surface area contributed by atoms with Crippen molar-refractivity contribution in [3.63, 3.8) is 0 Å². The molecule has 0 aromatic rings. The van der Waals surface area contributed by atoms with Gasteiger partial charge in [0.1, 0.15) is 5.55 Å². The topological polar surface area (TPSA) is 46.5 Å². The third kappa shape index (κ3) is 0.763. The van der Waals surface area contributed by atoms with Crippen LogP contribution in [0.4, 0.5) is 0 Å². The summed E-state index contributed by atoms with van der Waals surface area (Å²) in [5.74, 6) is 0. The Morgan fingerprint density at radius 2 is 2.25 bits per heavy atom. The van der Waals surface area contributed by atoms with Crippen LogP contribution in [0.3, 0.4) is 0 Å². The minimum absolute atomic E-state index is 0.211. The van der Waals surface area contributed by atoms with E-state index in [0.717, 1.165) is 11.7 Å². The molecule has 0 radical (unpaired) electrons. The van der Waals surface area contributed by atoms with Crippen LogP contribution in [0.2, 0.25) is 0 Å². The van der Waals surface area contributed by atoms with Gasteiger partial charge in [-0.2, -0.15) is 0 Å². The van der Waals surface area contributed by atoms with E-state index >= 15 is 0 Å². The first-order valence-corrected chi connectivity index (χ1v) is 3.69. The van der Waals surface area contributed by atoms with E-state index < -0.39 is 9.84 Å². The Morgan fingerprint density at radius 1 is 1.62 bits per heavy atom. The van der Waals surface area contributed by atoms with E-state index in [9.17, 15) is 8.42 Å². The molecule has 0 bridgehead atoms. The van der Waals surface area contributed by atoms with Crippen LogP contribution in [0.15, 0.2) is 15.6 Å². The summed E-state index contributed by atoms with van der Waals surface area (Å²) in [6.07, 6.45) is 1.09. The van der Waals surface area contributed by atoms with Crippen LogP contribution >= 0.6 is 11.6 Å². The van der Waals surface area contributed by atoms with Gasteiger partial charge in [-0.3, -0.25) is 0 Å². The van der Waals surface area contributed by atoms with Crippen molar-refractivity contribution in [3.8, 4) is 0 Å². The molecule has 0 saturated heterocycles. The first-order chi connectivity index (χ1) is 3.63. The van der Waals surface area contributed by atoms with Crippen molar-refractivity contribution in [2.75, 3.05) is 0 Å². The standard InChI is InChI=1S/C3H2ClNO2S/c4-3-1-5-2-8(3,6)7/h1-2H. The van der Waals surface area contributed by atoms with Crippen LogP contribution in [-0.4, -0.2) is 14.0 Å². The molecule has 0 fully saturated rings. The molecule has 1 aliphatic heterocycles. The molecule has 5 heteroatoms. The number of aliphatic imine (C=N–C) groups is 1. The smallest absolute Gasteiger partial charge is 0.229 e. The van der Waals surface area contributed by atoms with E-state index in [-0.39, 0.29) is 4.36 Å². The van der Waals surface area contributed by atoms with E-state index in [1.165, 1.54) is 0 Å². The van der Waals surface area contributed by atoms with Gasteiger partial charge in [-0.15, -0.1) is 0 Å². The highest BCUT2D eigenvalue weighted by molar-refractivity contribution is 8.09. The Labute approximate surface area is 51.6 Å². The van der Waals surface area contributed by atoms with Crippen molar-refractivity contribution in [1.82, 2.24) is 0 Å². The van der Waals surface area contributed by atoms with Gasteiger partial charge in [0.2, 0.25) is 9.84 Å². The molecule has 0 amide bonds. The lowest BCUT2D eigenvalue weighted by molar-refractivity contribution is 0.615. The lowest BCUT2D eigenvalue weighted by atomic mass is 11.0. The zero-order chi connectivity index (χ0) is 6.20. The van der Waals surface area contributed by atoms with Crippen molar-refractivity contribution >= 4 is 27.0 Å². The molecule has 0 spiro atoms. The van der Waals surface area contributed by atoms with Crippen molar-refractivity contribution in [3.05, 3.63) is 10.6 Å². The molecule has 0 saturated carbocycles. The SMILES string of the molecule is O=S1(=O)C=NC=C1Cl. The molecular weight excluding hydrogens is 150 g/mol. The molecule has 44 valence electrons. The fraction of sp³-hybridized carbons (Fsp3) is 0. The Morgan fingerprint density at radius 3 is 2.38 bits per heavy atom. The Bertz CT molecular complexity index is 250. The van der Waals surface area contributed by atoms with E-state index in [1.807, 2.05) is 0 Å². The second-order valence-electron chi connectivity index (χ2n) is 1.23. The summed E-state index contributed by atoms with van der Waals surface area (Å²) in [6, 6.07) is 0. The summed E-state index contributed by atoms with van der Waals surface area (Å²) in [6.45, 7) is 0. The molecule has 0 unspecified atom stereocenters. The Hall–Kier alpha value is -0.350. The normalized spacial score (nSPS) is 23.4. The van der Waals surface area contributed by atoms with E-state index in [2.05, 4.69) is 4.99 Å². The summed E-state index contributed by atoms with van der Waals surface area (Å²) in [5, 5.41) is 0. The number of hydrogen-bond donors (Lipinski definition) is 0. The van der Waals surface area contributed by atoms with Crippen LogP contribution in [0.1, 0.15) is 0 Å². The van der Waals surface area contributed by atoms with Crippen molar-refractivity contribution in [2.45, 2.75) is 0 Å². The van der Waals surface area contributed by atoms with E-state index in [1.54, 1.807) is 0 Å². The monoisotopic (exact) mass is 151 g/mol. The predicted octanol–water partition coefficient (Wildman–Crippen LogP) is 0.481. The van der Waals surface area contributed by atoms with Gasteiger partial charge in [0.05, 0.1) is 6.20 Å². The molecule has 3 nitrogen and oxygen atoms in total. The predicted molar refractivity (Wildman–Crippen MR) is 31.3 cm³/mol. The number of halogens is 1. The van der Waals surface area contributed by atoms with Crippen LogP contribution in [0.25, 0.3) is 0 Å². The van der Waals surface area contributed by atoms with Crippen molar-refractivity contribution in [1.29, 1.82) is 0 Å². The lowest BCUT2D eigenvalue weighted by Crippen LogP contribution is -1.94. The van der Waals surface area contributed by atoms with Gasteiger partial charge in [-0.25, -0.2) is 13.4 Å². The summed E-state index contributed by atoms with van der Waals surface area (Å²) in [7, 11) is -3.29. The van der Waals surface area contributed by atoms with E-state index in [0.29, 0.717) is 0 Å². The lowest BCUT2D eigenvalue weighted by Gasteiger charge is -1.81. The average molecular weight is 152 g/mol. The molecule has 0 atom stereocenters. The second kappa shape index (κ2) is 1.56. The molecule has 0 aliphatic carbocycles. The van der Waals surface area contributed by atoms with Gasteiger partial charge < -0.3 is 0 Å². The average Bonchev–Trinajstić information content (AvgIpc) is 1.86. The molecule has 1 heterocycles. The van der Waals surface area contributed by atoms with Crippen LogP contribution < -0.4 is 0 Å². The fourth-order valence-corrected chi connectivity index (χ4v) is 0.998. The van der Waals surface area contributed by atoms with Gasteiger partial charge >= 0.3 is 0 Å². The van der Waals surface area contributed by atoms with Gasteiger partial charge in [0.25, 0.3) is 0 Å². The first kappa shape index (κ1) is 5.78. The van der Waals surface area contributed by atoms with E-state index in [4.69, 9.17) is 11.6 Å². The highest BCUT2D eigenvalue weighted by atomic mass is 35.5. The number of nitrogens with zero attached hydrogens (tertiary/aromatic N) is 1. The zero-order valence-corrected chi connectivity index (χ0v) is 5.28. The molecule has 8 heavy (non-hydrogen) atoms. The maximum absolute atomic E-state index is 10.4. The number of hydrogen-bond acceptors (Lipinski definition) is 3. The molecular formula is C3H2ClNO2S. The number of rotatable bonds is 0. The molecule has 0 aromatic carbocycles. The molecule has 0 N–H and O–H groups in total. The van der Waals surface area contributed by atoms with Crippen LogP contribution in [0.5, 0.6) is 0 Å². The van der Waals surface area contributed by atoms with Gasteiger partial charge in [0.15, 0.2) is 4.36 Å². The van der Waals surface area contributed by atoms with Gasteiger partial charge in [-0.1, -0.05) is 11.6 Å². The molecule has 1 aliphatic rings. The van der Waals surface area contributed by atoms with Crippen LogP contribution in [-0.2, 0) is 9.84 Å². The first-order valence-electron chi connectivity index (χ1n) is 1.77. The summed E-state index contributed by atoms with van der Waals surface area (Å²) in [5.41, 5.74) is 0.815. The maximum atomic E-state index is 10.4. The summed E-state index contributed by atoms with van der Waals surface area (Å²) >= 11 is 5.15. The Kier molecular flexibility index (Phi) is 1.13. The second-order valence-corrected chi connectivity index (χ2v) is 3.60. The summed E-state index contributed by atoms with van der Waals surface area (Å²) in [4.78, 5) is 3.31. The minimum atomic E-state index is -3.29. The quantitative estimate of drug-likeness (QED) is 0.506. The van der Waals surface area contributed by atoms with Crippen molar-refractivity contribution in [2.24, 2.45) is 4.99 Å². The van der Waals surface area contributed by atoms with Crippen LogP contribution in [0, 0.1) is 0 Å². The fourth-order valence-electron chi connectivity index (χ4n) is 0.293. The van der Waals surface area contributed by atoms with Gasteiger partial charge in [0, 0.05) is 0 Å². The molecule has 0 aromatic heterocycles. The van der Waals surface area contributed by atoms with Gasteiger partial charge in [-0.05, 0) is 0 Å². The minimum Gasteiger partial charge on any atom is -0.250 e. The third-order valence-corrected chi connectivity index (χ3v) is 2.44. The highest BCUT2D eigenvalue weighted by Crippen LogP contribution is 2.14. The molecule has 1 rings (SSSR count). The van der Waals surface area contributed by atoms with Crippen molar-refractivity contribution < 1.29 is 8.42 Å². The largest absolute Gasteiger partial charge is 0.250 e. The number of sulfone groups is 1. The summed E-state index contributed by atoms with van der Waals surface area (Å²) < 4.78 is 20.6. The highest BCUT2D eigenvalue weighted by Gasteiger charge is 2.15.